The van der Waals surface area contributed by atoms with E-state index in [1.807, 2.05) is 36.4 Å². The van der Waals surface area contributed by atoms with Gasteiger partial charge in [-0.25, -0.2) is 12.1 Å². The summed E-state index contributed by atoms with van der Waals surface area (Å²) in [6.45, 7) is 0. The number of benzene rings is 1. The van der Waals surface area contributed by atoms with Crippen molar-refractivity contribution < 1.29 is 29.4 Å². The molecular formula is C19H16O2Ru. The van der Waals surface area contributed by atoms with Gasteiger partial charge in [-0.2, -0.15) is 18.2 Å². The maximum atomic E-state index is 11.7. The van der Waals surface area contributed by atoms with Crippen LogP contribution in [0.4, 0.5) is 0 Å². The number of carbonyl (C=O) groups is 1. The van der Waals surface area contributed by atoms with Crippen molar-refractivity contribution in [1.29, 1.82) is 0 Å². The molecular weight excluding hydrogens is 361 g/mol. The van der Waals surface area contributed by atoms with Crippen molar-refractivity contribution in [2.75, 3.05) is 0 Å². The Morgan fingerprint density at radius 2 is 1.55 bits per heavy atom. The van der Waals surface area contributed by atoms with E-state index < -0.39 is 0 Å². The van der Waals surface area contributed by atoms with Crippen LogP contribution in [0.25, 0.3) is 0 Å². The van der Waals surface area contributed by atoms with Crippen molar-refractivity contribution >= 4 is 5.78 Å². The van der Waals surface area contributed by atoms with Gasteiger partial charge in [-0.1, -0.05) is 54.6 Å². The zero-order valence-electron chi connectivity index (χ0n) is 12.0. The molecule has 0 fully saturated rings. The summed E-state index contributed by atoms with van der Waals surface area (Å²) in [5.41, 5.74) is 1.19. The van der Waals surface area contributed by atoms with Crippen LogP contribution in [0.5, 0.6) is 0 Å². The van der Waals surface area contributed by atoms with E-state index in [1.165, 1.54) is 0 Å². The molecule has 0 N–H and O–H groups in total. The third-order valence-corrected chi connectivity index (χ3v) is 2.96. The first-order chi connectivity index (χ1) is 10.3. The van der Waals surface area contributed by atoms with Crippen LogP contribution in [-0.2, 0) is 19.5 Å². The predicted molar refractivity (Wildman–Crippen MR) is 82.7 cm³/mol. The Morgan fingerprint density at radius 3 is 2.05 bits per heavy atom. The van der Waals surface area contributed by atoms with E-state index in [1.54, 1.807) is 48.6 Å². The molecule has 0 saturated heterocycles. The molecule has 22 heavy (non-hydrogen) atoms. The fraction of sp³-hybridized carbons (Fsp3) is 0.0526. The Morgan fingerprint density at radius 1 is 0.955 bits per heavy atom. The fourth-order valence-electron chi connectivity index (χ4n) is 1.85. The second-order valence-electron chi connectivity index (χ2n) is 4.52. The molecule has 0 radical (unpaired) electrons. The molecule has 112 valence electrons. The molecule has 0 amide bonds. The summed E-state index contributed by atoms with van der Waals surface area (Å²) in [6.07, 6.45) is 6.97. The molecule has 0 aliphatic heterocycles. The van der Waals surface area contributed by atoms with Crippen LogP contribution in [0.1, 0.15) is 16.8 Å². The van der Waals surface area contributed by atoms with E-state index in [0.717, 1.165) is 0 Å². The van der Waals surface area contributed by atoms with Gasteiger partial charge < -0.3 is 5.11 Å². The maximum absolute atomic E-state index is 11.7. The molecule has 1 aliphatic rings. The largest absolute Gasteiger partial charge is 2.00 e. The van der Waals surface area contributed by atoms with Crippen LogP contribution in [0.2, 0.25) is 0 Å². The van der Waals surface area contributed by atoms with E-state index in [0.29, 0.717) is 11.1 Å². The Bertz CT molecular complexity index is 619. The summed E-state index contributed by atoms with van der Waals surface area (Å²) in [5.74, 6) is -0.259. The van der Waals surface area contributed by atoms with Gasteiger partial charge in [0.05, 0.1) is 0 Å². The monoisotopic (exact) mass is 378 g/mol. The quantitative estimate of drug-likeness (QED) is 0.356. The molecule has 3 heteroatoms. The Labute approximate surface area is 143 Å². The molecule has 0 spiro atoms. The van der Waals surface area contributed by atoms with Crippen LogP contribution in [0, 0.1) is 0 Å². The van der Waals surface area contributed by atoms with Crippen LogP contribution >= 0.6 is 0 Å². The van der Waals surface area contributed by atoms with Crippen molar-refractivity contribution in [2.45, 2.75) is 6.42 Å². The third kappa shape index (κ3) is 5.71. The average molecular weight is 377 g/mol. The minimum absolute atomic E-state index is 0. The summed E-state index contributed by atoms with van der Waals surface area (Å²) in [6, 6.07) is 18.9. The van der Waals surface area contributed by atoms with E-state index in [9.17, 15) is 9.90 Å². The Hall–Kier alpha value is -2.12. The van der Waals surface area contributed by atoms with Gasteiger partial charge in [0.15, 0.2) is 5.78 Å². The summed E-state index contributed by atoms with van der Waals surface area (Å²) < 4.78 is 0. The number of Topliss-reactive ketones (excluding diaryl/α,β-unsaturated/α-hetero) is 1. The molecule has 2 aromatic rings. The van der Waals surface area contributed by atoms with E-state index in [-0.39, 0.29) is 37.4 Å². The van der Waals surface area contributed by atoms with Gasteiger partial charge in [0.1, 0.15) is 0 Å². The molecule has 3 rings (SSSR count). The molecule has 2 aromatic carbocycles. The van der Waals surface area contributed by atoms with Crippen LogP contribution < -0.4 is 5.11 Å². The summed E-state index contributed by atoms with van der Waals surface area (Å²) in [7, 11) is 0. The zero-order valence-corrected chi connectivity index (χ0v) is 13.7. The fourth-order valence-corrected chi connectivity index (χ4v) is 1.85. The first-order valence-electron chi connectivity index (χ1n) is 6.77. The van der Waals surface area contributed by atoms with Gasteiger partial charge in [0.2, 0.25) is 0 Å². The van der Waals surface area contributed by atoms with E-state index in [2.05, 4.69) is 0 Å². The van der Waals surface area contributed by atoms with Crippen molar-refractivity contribution in [1.82, 2.24) is 0 Å². The molecule has 0 aromatic heterocycles. The minimum Gasteiger partial charge on any atom is -0.875 e. The molecule has 0 saturated carbocycles. The maximum Gasteiger partial charge on any atom is 2.00 e. The molecule has 0 bridgehead atoms. The van der Waals surface area contributed by atoms with Gasteiger partial charge in [0, 0.05) is 12.0 Å². The number of allylic oxidation sites excluding steroid dienone is 6. The molecule has 0 atom stereocenters. The molecule has 2 nitrogen and oxygen atoms in total. The van der Waals surface area contributed by atoms with Gasteiger partial charge in [-0.05, 0) is 5.57 Å². The third-order valence-electron chi connectivity index (χ3n) is 2.96. The normalized spacial score (nSPS) is 11.4. The van der Waals surface area contributed by atoms with Crippen LogP contribution in [-0.4, -0.2) is 5.78 Å². The average Bonchev–Trinajstić information content (AvgIpc) is 3.23. The van der Waals surface area contributed by atoms with Crippen molar-refractivity contribution in [3.8, 4) is 0 Å². The molecule has 1 aliphatic carbocycles. The topological polar surface area (TPSA) is 40.1 Å². The van der Waals surface area contributed by atoms with Gasteiger partial charge >= 0.3 is 19.5 Å². The number of ketones is 1. The molecule has 0 unspecified atom stereocenters. The van der Waals surface area contributed by atoms with Crippen molar-refractivity contribution in [2.24, 2.45) is 0 Å². The van der Waals surface area contributed by atoms with Crippen LogP contribution in [0.15, 0.2) is 96.3 Å². The standard InChI is InChI=1S/C14H12O2.C5H5.Ru/c15-13(11-6-2-1-3-7-11)10-14(16)12-8-4-5-9-12;1-2-4-5-3-1;/h1-9,16H,10H2;1-5H;/q;-1;+2/p-1. The van der Waals surface area contributed by atoms with Crippen LogP contribution in [0.3, 0.4) is 0 Å². The van der Waals surface area contributed by atoms with E-state index in [4.69, 9.17) is 0 Å². The SMILES string of the molecule is O=C(CC([O-])=C1C=CC=C1)c1ccccc1.[Ru+2].c1cc[cH-]c1. The first-order valence-corrected chi connectivity index (χ1v) is 6.77. The van der Waals surface area contributed by atoms with Gasteiger partial charge in [0.25, 0.3) is 0 Å². The number of hydrogen-bond donors (Lipinski definition) is 0. The predicted octanol–water partition coefficient (Wildman–Crippen LogP) is 3.40. The minimum atomic E-state index is -0.133. The Kier molecular flexibility index (Phi) is 7.95. The second kappa shape index (κ2) is 9.75. The number of carbonyl (C=O) groups excluding carboxylic acids is 1. The van der Waals surface area contributed by atoms with Crippen molar-refractivity contribution in [3.63, 3.8) is 0 Å². The van der Waals surface area contributed by atoms with E-state index >= 15 is 0 Å². The summed E-state index contributed by atoms with van der Waals surface area (Å²) in [5, 5.41) is 11.7. The summed E-state index contributed by atoms with van der Waals surface area (Å²) >= 11 is 0. The first kappa shape index (κ1) is 17.9. The smallest absolute Gasteiger partial charge is 0.875 e. The number of rotatable bonds is 3. The number of hydrogen-bond acceptors (Lipinski definition) is 2. The second-order valence-corrected chi connectivity index (χ2v) is 4.52. The summed E-state index contributed by atoms with van der Waals surface area (Å²) in [4.78, 5) is 11.7. The van der Waals surface area contributed by atoms with Gasteiger partial charge in [-0.15, -0.1) is 5.76 Å². The Balaban J connectivity index is 0.000000344. The molecule has 0 heterocycles. The van der Waals surface area contributed by atoms with Gasteiger partial charge in [-0.3, -0.25) is 4.79 Å². The zero-order chi connectivity index (χ0) is 14.9. The van der Waals surface area contributed by atoms with Crippen molar-refractivity contribution in [3.05, 3.63) is 102 Å².